The van der Waals surface area contributed by atoms with E-state index < -0.39 is 10.8 Å². The molecule has 24 heavy (non-hydrogen) atoms. The first-order chi connectivity index (χ1) is 11.2. The van der Waals surface area contributed by atoms with Gasteiger partial charge in [-0.1, -0.05) is 20.8 Å². The molecule has 0 radical (unpaired) electrons. The topological polar surface area (TPSA) is 84.6 Å². The Kier molecular flexibility index (Phi) is 4.02. The summed E-state index contributed by atoms with van der Waals surface area (Å²) >= 11 is 3.11. The highest BCUT2D eigenvalue weighted by atomic mass is 79.9. The fourth-order valence-corrected chi connectivity index (χ4v) is 4.47. The van der Waals surface area contributed by atoms with Crippen LogP contribution in [0.3, 0.4) is 0 Å². The largest absolute Gasteiger partial charge is 0.284 e. The van der Waals surface area contributed by atoms with Crippen molar-refractivity contribution in [2.75, 3.05) is 0 Å². The fourth-order valence-electron chi connectivity index (χ4n) is 4.07. The number of carbonyl (C=O) groups is 1. The molecule has 7 heteroatoms. The van der Waals surface area contributed by atoms with Gasteiger partial charge in [-0.25, -0.2) is 5.43 Å². The normalized spacial score (nSPS) is 29.0. The second-order valence-corrected chi connectivity index (χ2v) is 8.27. The first-order valence-electron chi connectivity index (χ1n) is 7.98. The molecule has 1 amide bonds. The highest BCUT2D eigenvalue weighted by Gasteiger charge is 2.60. The Bertz CT molecular complexity index is 759. The summed E-state index contributed by atoms with van der Waals surface area (Å²) in [5.41, 5.74) is 3.90. The van der Waals surface area contributed by atoms with Crippen LogP contribution in [0.4, 0.5) is 5.69 Å². The smallest absolute Gasteiger partial charge is 0.267 e. The van der Waals surface area contributed by atoms with Crippen LogP contribution in [0.25, 0.3) is 0 Å². The van der Waals surface area contributed by atoms with E-state index >= 15 is 0 Å². The molecule has 0 aliphatic heterocycles. The summed E-state index contributed by atoms with van der Waals surface area (Å²) in [4.78, 5) is 22.8. The van der Waals surface area contributed by atoms with Gasteiger partial charge in [0.2, 0.25) is 0 Å². The van der Waals surface area contributed by atoms with Gasteiger partial charge in [0.1, 0.15) is 0 Å². The van der Waals surface area contributed by atoms with E-state index in [4.69, 9.17) is 0 Å². The van der Waals surface area contributed by atoms with Crippen LogP contribution in [0.15, 0.2) is 27.8 Å². The van der Waals surface area contributed by atoms with Crippen LogP contribution in [0.1, 0.15) is 50.4 Å². The summed E-state index contributed by atoms with van der Waals surface area (Å²) in [5, 5.41) is 15.4. The molecule has 2 saturated carbocycles. The third-order valence-electron chi connectivity index (χ3n) is 6.21. The summed E-state index contributed by atoms with van der Waals surface area (Å²) in [6.07, 6.45) is 3.20. The number of nitro benzene ring substituents is 1. The number of nitrogens with one attached hydrogen (secondary N) is 1. The minimum atomic E-state index is -0.522. The van der Waals surface area contributed by atoms with Gasteiger partial charge in [0.05, 0.1) is 9.40 Å². The van der Waals surface area contributed by atoms with Gasteiger partial charge in [-0.05, 0) is 58.7 Å². The van der Waals surface area contributed by atoms with Crippen molar-refractivity contribution in [3.05, 3.63) is 38.3 Å². The first kappa shape index (κ1) is 17.1. The molecule has 0 saturated heterocycles. The van der Waals surface area contributed by atoms with Gasteiger partial charge in [0.15, 0.2) is 0 Å². The summed E-state index contributed by atoms with van der Waals surface area (Å²) in [6, 6.07) is 4.30. The van der Waals surface area contributed by atoms with Crippen LogP contribution in [0.2, 0.25) is 0 Å². The van der Waals surface area contributed by atoms with E-state index in [1.807, 2.05) is 0 Å². The summed E-state index contributed by atoms with van der Waals surface area (Å²) < 4.78 is 0.345. The second-order valence-electron chi connectivity index (χ2n) is 7.42. The number of hydrogen-bond acceptors (Lipinski definition) is 4. The number of hydrazone groups is 1. The van der Waals surface area contributed by atoms with Gasteiger partial charge in [-0.3, -0.25) is 14.9 Å². The monoisotopic (exact) mass is 393 g/mol. The number of nitro groups is 1. The van der Waals surface area contributed by atoms with Gasteiger partial charge in [0, 0.05) is 22.8 Å². The molecule has 0 heterocycles. The predicted octanol–water partition coefficient (Wildman–Crippen LogP) is 4.29. The Hall–Kier alpha value is -1.76. The Labute approximate surface area is 149 Å². The van der Waals surface area contributed by atoms with Gasteiger partial charge >= 0.3 is 0 Å². The van der Waals surface area contributed by atoms with Crippen LogP contribution in [-0.4, -0.2) is 16.5 Å². The van der Waals surface area contributed by atoms with Gasteiger partial charge in [-0.2, -0.15) is 5.10 Å². The highest BCUT2D eigenvalue weighted by Crippen LogP contribution is 2.63. The van der Waals surface area contributed by atoms with Gasteiger partial charge < -0.3 is 0 Å². The van der Waals surface area contributed by atoms with Crippen molar-refractivity contribution in [2.45, 2.75) is 40.0 Å². The van der Waals surface area contributed by atoms with Crippen molar-refractivity contribution in [2.24, 2.45) is 21.8 Å². The lowest BCUT2D eigenvalue weighted by molar-refractivity contribution is -0.385. The lowest BCUT2D eigenvalue weighted by Gasteiger charge is -2.34. The molecule has 6 nitrogen and oxygen atoms in total. The molecule has 1 aromatic carbocycles. The Balaban J connectivity index is 1.80. The average Bonchev–Trinajstić information content (AvgIpc) is 2.85. The van der Waals surface area contributed by atoms with Gasteiger partial charge in [0.25, 0.3) is 11.6 Å². The quantitative estimate of drug-likeness (QED) is 0.613. The van der Waals surface area contributed by atoms with E-state index in [0.29, 0.717) is 10.4 Å². The molecule has 2 fully saturated rings. The van der Waals surface area contributed by atoms with Crippen molar-refractivity contribution in [1.29, 1.82) is 0 Å². The zero-order chi connectivity index (χ0) is 17.7. The molecule has 1 N–H and O–H groups in total. The Morgan fingerprint density at radius 3 is 2.67 bits per heavy atom. The molecule has 2 aliphatic carbocycles. The third-order valence-corrected chi connectivity index (χ3v) is 6.88. The standard InChI is InChI=1S/C17H20BrN3O3/c1-16(2)11-6-7-17(16,3)14(9-11)19-20-15(22)10-4-5-12(18)13(8-10)21(23)24/h4-5,8,11H,6-7,9H2,1-3H3,(H,20,22)/b19-14+/t11-,17+/m1/s1. The van der Waals surface area contributed by atoms with Crippen molar-refractivity contribution >= 4 is 33.2 Å². The molecular weight excluding hydrogens is 374 g/mol. The van der Waals surface area contributed by atoms with Crippen molar-refractivity contribution in [3.63, 3.8) is 0 Å². The second kappa shape index (κ2) is 5.65. The van der Waals surface area contributed by atoms with E-state index in [2.05, 4.69) is 47.2 Å². The van der Waals surface area contributed by atoms with Crippen molar-refractivity contribution < 1.29 is 9.72 Å². The summed E-state index contributed by atoms with van der Waals surface area (Å²) in [5.74, 6) is 0.175. The van der Waals surface area contributed by atoms with Crippen LogP contribution in [0.5, 0.6) is 0 Å². The molecule has 0 spiro atoms. The summed E-state index contributed by atoms with van der Waals surface area (Å²) in [7, 11) is 0. The minimum Gasteiger partial charge on any atom is -0.267 e. The average molecular weight is 394 g/mol. The third kappa shape index (κ3) is 2.46. The van der Waals surface area contributed by atoms with Crippen LogP contribution in [-0.2, 0) is 0 Å². The molecule has 2 aliphatic rings. The van der Waals surface area contributed by atoms with E-state index in [-0.39, 0.29) is 22.1 Å². The maximum atomic E-state index is 12.3. The van der Waals surface area contributed by atoms with E-state index in [0.717, 1.165) is 18.6 Å². The number of carbonyl (C=O) groups excluding carboxylic acids is 1. The molecule has 1 aromatic rings. The molecular formula is C17H20BrN3O3. The van der Waals surface area contributed by atoms with Crippen LogP contribution in [0, 0.1) is 26.9 Å². The Morgan fingerprint density at radius 2 is 2.12 bits per heavy atom. The summed E-state index contributed by atoms with van der Waals surface area (Å²) in [6.45, 7) is 6.76. The zero-order valence-electron chi connectivity index (χ0n) is 13.9. The SMILES string of the molecule is CC1(C)[C@@H]2CC[C@@]1(C)/C(=N/NC(=O)c1ccc(Br)c([N+](=O)[O-])c1)C2. The molecule has 2 atom stereocenters. The number of hydrogen-bond donors (Lipinski definition) is 1. The molecule has 128 valence electrons. The van der Waals surface area contributed by atoms with Crippen LogP contribution >= 0.6 is 15.9 Å². The van der Waals surface area contributed by atoms with Gasteiger partial charge in [-0.15, -0.1) is 0 Å². The zero-order valence-corrected chi connectivity index (χ0v) is 15.5. The van der Waals surface area contributed by atoms with E-state index in [1.54, 1.807) is 6.07 Å². The number of benzene rings is 1. The number of halogens is 1. The number of amides is 1. The number of rotatable bonds is 3. The van der Waals surface area contributed by atoms with Crippen LogP contribution < -0.4 is 5.43 Å². The lowest BCUT2D eigenvalue weighted by atomic mass is 9.70. The number of nitrogens with zero attached hydrogens (tertiary/aromatic N) is 2. The van der Waals surface area contributed by atoms with Crippen molar-refractivity contribution in [3.8, 4) is 0 Å². The molecule has 3 rings (SSSR count). The maximum absolute atomic E-state index is 12.3. The fraction of sp³-hybridized carbons (Fsp3) is 0.529. The lowest BCUT2D eigenvalue weighted by Crippen LogP contribution is -2.34. The predicted molar refractivity (Wildman–Crippen MR) is 94.9 cm³/mol. The molecule has 0 unspecified atom stereocenters. The molecule has 0 aromatic heterocycles. The first-order valence-corrected chi connectivity index (χ1v) is 8.77. The highest BCUT2D eigenvalue weighted by molar-refractivity contribution is 9.10. The Morgan fingerprint density at radius 1 is 1.42 bits per heavy atom. The number of fused-ring (bicyclic) bond motifs is 2. The molecule has 2 bridgehead atoms. The van der Waals surface area contributed by atoms with E-state index in [9.17, 15) is 14.9 Å². The van der Waals surface area contributed by atoms with E-state index in [1.165, 1.54) is 18.6 Å². The minimum absolute atomic E-state index is 0.0106. The maximum Gasteiger partial charge on any atom is 0.284 e. The van der Waals surface area contributed by atoms with Crippen molar-refractivity contribution in [1.82, 2.24) is 5.43 Å².